The first kappa shape index (κ1) is 24.5. The summed E-state index contributed by atoms with van der Waals surface area (Å²) in [6.07, 6.45) is 3.87. The second-order valence-electron chi connectivity index (χ2n) is 9.01. The molecular formula is C26H25Cl2N3O2S. The van der Waals surface area contributed by atoms with Crippen LogP contribution in [-0.2, 0) is 9.59 Å². The predicted octanol–water partition coefficient (Wildman–Crippen LogP) is 6.15. The van der Waals surface area contributed by atoms with Gasteiger partial charge in [-0.2, -0.15) is 0 Å². The summed E-state index contributed by atoms with van der Waals surface area (Å²) in [5, 5.41) is 3.25. The first-order valence-electron chi connectivity index (χ1n) is 10.9. The molecule has 2 aromatic rings. The molecule has 1 saturated heterocycles. The lowest BCUT2D eigenvalue weighted by Crippen LogP contribution is -2.54. The quantitative estimate of drug-likeness (QED) is 0.303. The Morgan fingerprint density at radius 3 is 2.44 bits per heavy atom. The third-order valence-electron chi connectivity index (χ3n) is 6.24. The Morgan fingerprint density at radius 1 is 1.09 bits per heavy atom. The van der Waals surface area contributed by atoms with E-state index in [9.17, 15) is 9.59 Å². The minimum Gasteiger partial charge on any atom is -0.363 e. The highest BCUT2D eigenvalue weighted by atomic mass is 35.5. The molecule has 176 valence electrons. The highest BCUT2D eigenvalue weighted by Gasteiger charge is 2.35. The molecule has 34 heavy (non-hydrogen) atoms. The standard InChI is InChI=1S/C26H25Cl2N3O2S/c1-6-30-22-9-14(2)16(10-18(22)15(3)13-26(30,4)5)11-19-23(32)29-25(34)31(24(19)33)17-7-8-20(27)21(28)12-17/h7-13H,6H2,1-5H3,(H,29,32,34)/b19-11-. The van der Waals surface area contributed by atoms with Gasteiger partial charge in [0.2, 0.25) is 0 Å². The molecule has 2 aromatic carbocycles. The number of nitrogens with one attached hydrogen (secondary N) is 1. The number of fused-ring (bicyclic) bond motifs is 1. The zero-order chi connectivity index (χ0) is 24.9. The Bertz CT molecular complexity index is 1310. The van der Waals surface area contributed by atoms with Crippen molar-refractivity contribution in [3.63, 3.8) is 0 Å². The molecule has 2 aliphatic rings. The van der Waals surface area contributed by atoms with Crippen molar-refractivity contribution in [2.24, 2.45) is 0 Å². The number of rotatable bonds is 3. The van der Waals surface area contributed by atoms with Crippen LogP contribution in [0.2, 0.25) is 10.0 Å². The summed E-state index contributed by atoms with van der Waals surface area (Å²) in [6, 6.07) is 8.92. The van der Waals surface area contributed by atoms with Crippen LogP contribution in [0.3, 0.4) is 0 Å². The molecule has 2 heterocycles. The molecule has 0 aromatic heterocycles. The van der Waals surface area contributed by atoms with E-state index >= 15 is 0 Å². The lowest BCUT2D eigenvalue weighted by atomic mass is 9.86. The number of likely N-dealkylation sites (N-methyl/N-ethyl adjacent to an activating group) is 1. The van der Waals surface area contributed by atoms with Crippen LogP contribution in [0, 0.1) is 6.92 Å². The Hall–Kier alpha value is -2.67. The number of allylic oxidation sites excluding steroid dienone is 1. The Balaban J connectivity index is 1.80. The number of carbonyl (C=O) groups excluding carboxylic acids is 2. The fraction of sp³-hybridized carbons (Fsp3) is 0.269. The molecule has 2 aliphatic heterocycles. The average Bonchev–Trinajstić information content (AvgIpc) is 2.73. The molecule has 8 heteroatoms. The highest BCUT2D eigenvalue weighted by molar-refractivity contribution is 7.80. The Labute approximate surface area is 215 Å². The van der Waals surface area contributed by atoms with Crippen LogP contribution < -0.4 is 15.1 Å². The van der Waals surface area contributed by atoms with Gasteiger partial charge in [-0.1, -0.05) is 29.3 Å². The van der Waals surface area contributed by atoms with Crippen LogP contribution in [0.5, 0.6) is 0 Å². The van der Waals surface area contributed by atoms with Gasteiger partial charge in [-0.15, -0.1) is 0 Å². The minimum atomic E-state index is -0.535. The summed E-state index contributed by atoms with van der Waals surface area (Å²) in [6.45, 7) is 11.5. The van der Waals surface area contributed by atoms with E-state index in [0.29, 0.717) is 10.7 Å². The molecule has 5 nitrogen and oxygen atoms in total. The topological polar surface area (TPSA) is 52.7 Å². The van der Waals surface area contributed by atoms with Gasteiger partial charge in [0.1, 0.15) is 5.57 Å². The molecule has 2 amide bonds. The Morgan fingerprint density at radius 2 is 1.79 bits per heavy atom. The summed E-state index contributed by atoms with van der Waals surface area (Å²) < 4.78 is 0. The van der Waals surface area contributed by atoms with E-state index in [4.69, 9.17) is 35.4 Å². The fourth-order valence-electron chi connectivity index (χ4n) is 4.65. The number of carbonyl (C=O) groups is 2. The second-order valence-corrected chi connectivity index (χ2v) is 10.2. The fourth-order valence-corrected chi connectivity index (χ4v) is 5.22. The number of amides is 2. The maximum absolute atomic E-state index is 13.4. The number of aryl methyl sites for hydroxylation is 1. The summed E-state index contributed by atoms with van der Waals surface area (Å²) in [5.74, 6) is -1.06. The largest absolute Gasteiger partial charge is 0.363 e. The van der Waals surface area contributed by atoms with E-state index in [1.807, 2.05) is 13.0 Å². The van der Waals surface area contributed by atoms with Gasteiger partial charge in [0.05, 0.1) is 21.3 Å². The van der Waals surface area contributed by atoms with Gasteiger partial charge < -0.3 is 4.90 Å². The van der Waals surface area contributed by atoms with Crippen molar-refractivity contribution in [3.8, 4) is 0 Å². The summed E-state index contributed by atoms with van der Waals surface area (Å²) in [5.41, 5.74) is 5.46. The van der Waals surface area contributed by atoms with Crippen LogP contribution in [0.1, 0.15) is 44.4 Å². The lowest BCUT2D eigenvalue weighted by molar-refractivity contribution is -0.122. The van der Waals surface area contributed by atoms with Gasteiger partial charge >= 0.3 is 0 Å². The summed E-state index contributed by atoms with van der Waals surface area (Å²) in [7, 11) is 0. The monoisotopic (exact) mass is 513 g/mol. The number of hydrogen-bond donors (Lipinski definition) is 1. The van der Waals surface area contributed by atoms with Crippen LogP contribution in [0.25, 0.3) is 11.6 Å². The predicted molar refractivity (Wildman–Crippen MR) is 145 cm³/mol. The zero-order valence-corrected chi connectivity index (χ0v) is 22.0. The van der Waals surface area contributed by atoms with Crippen LogP contribution in [-0.4, -0.2) is 29.0 Å². The Kier molecular flexibility index (Phi) is 6.36. The van der Waals surface area contributed by atoms with Crippen LogP contribution in [0.15, 0.2) is 42.0 Å². The van der Waals surface area contributed by atoms with E-state index in [2.05, 4.69) is 50.1 Å². The maximum atomic E-state index is 13.4. The van der Waals surface area contributed by atoms with Gasteiger partial charge in [0, 0.05) is 17.8 Å². The molecule has 0 spiro atoms. The molecule has 1 N–H and O–H groups in total. The van der Waals surface area contributed by atoms with Crippen molar-refractivity contribution in [3.05, 3.63) is 68.7 Å². The van der Waals surface area contributed by atoms with Gasteiger partial charge in [0.25, 0.3) is 11.8 Å². The van der Waals surface area contributed by atoms with Crippen LogP contribution in [0.4, 0.5) is 11.4 Å². The van der Waals surface area contributed by atoms with E-state index < -0.39 is 11.8 Å². The maximum Gasteiger partial charge on any atom is 0.270 e. The number of thiocarbonyl (C=S) groups is 1. The molecule has 0 radical (unpaired) electrons. The van der Waals surface area contributed by atoms with E-state index in [-0.39, 0.29) is 21.2 Å². The average molecular weight is 514 g/mol. The number of hydrogen-bond acceptors (Lipinski definition) is 4. The first-order chi connectivity index (χ1) is 15.9. The number of anilines is 2. The molecule has 0 aliphatic carbocycles. The normalized spacial score (nSPS) is 18.7. The van der Waals surface area contributed by atoms with Crippen molar-refractivity contribution in [2.45, 2.75) is 40.2 Å². The number of benzene rings is 2. The molecule has 0 atom stereocenters. The summed E-state index contributed by atoms with van der Waals surface area (Å²) in [4.78, 5) is 29.8. The first-order valence-corrected chi connectivity index (χ1v) is 12.1. The van der Waals surface area contributed by atoms with E-state index in [1.165, 1.54) is 4.90 Å². The number of halogens is 2. The highest BCUT2D eigenvalue weighted by Crippen LogP contribution is 2.40. The molecule has 0 saturated carbocycles. The zero-order valence-electron chi connectivity index (χ0n) is 19.6. The van der Waals surface area contributed by atoms with Crippen molar-refractivity contribution in [2.75, 3.05) is 16.3 Å². The van der Waals surface area contributed by atoms with E-state index in [0.717, 1.165) is 34.5 Å². The molecule has 1 fully saturated rings. The second kappa shape index (κ2) is 8.84. The summed E-state index contributed by atoms with van der Waals surface area (Å²) >= 11 is 17.4. The van der Waals surface area contributed by atoms with Gasteiger partial charge in [-0.05, 0) is 99.9 Å². The van der Waals surface area contributed by atoms with Gasteiger partial charge in [-0.3, -0.25) is 19.8 Å². The van der Waals surface area contributed by atoms with Crippen molar-refractivity contribution in [1.82, 2.24) is 5.32 Å². The molecule has 4 rings (SSSR count). The SMILES string of the molecule is CCN1c2cc(C)c(/C=C3/C(=O)NC(=S)N(c4ccc(Cl)c(Cl)c4)C3=O)cc2C(C)=CC1(C)C. The van der Waals surface area contributed by atoms with Gasteiger partial charge in [-0.25, -0.2) is 0 Å². The number of nitrogens with zero attached hydrogens (tertiary/aromatic N) is 2. The minimum absolute atomic E-state index is 0.00663. The van der Waals surface area contributed by atoms with Crippen molar-refractivity contribution in [1.29, 1.82) is 0 Å². The molecular weight excluding hydrogens is 489 g/mol. The smallest absolute Gasteiger partial charge is 0.270 e. The third kappa shape index (κ3) is 4.15. The molecule has 0 unspecified atom stereocenters. The molecule has 0 bridgehead atoms. The van der Waals surface area contributed by atoms with Crippen LogP contribution >= 0.6 is 35.4 Å². The van der Waals surface area contributed by atoms with E-state index in [1.54, 1.807) is 24.3 Å². The van der Waals surface area contributed by atoms with Crippen molar-refractivity contribution < 1.29 is 9.59 Å². The third-order valence-corrected chi connectivity index (χ3v) is 7.27. The van der Waals surface area contributed by atoms with Crippen molar-refractivity contribution >= 4 is 75.4 Å². The lowest BCUT2D eigenvalue weighted by Gasteiger charge is -2.43. The van der Waals surface area contributed by atoms with Gasteiger partial charge in [0.15, 0.2) is 5.11 Å².